The van der Waals surface area contributed by atoms with E-state index in [1.165, 1.54) is 5.56 Å². The van der Waals surface area contributed by atoms with Crippen LogP contribution in [-0.4, -0.2) is 21.3 Å². The molecule has 0 radical (unpaired) electrons. The molecule has 3 aromatic rings. The molecule has 0 fully saturated rings. The van der Waals surface area contributed by atoms with Crippen molar-refractivity contribution in [1.29, 1.82) is 0 Å². The van der Waals surface area contributed by atoms with Gasteiger partial charge in [-0.3, -0.25) is 0 Å². The van der Waals surface area contributed by atoms with Crippen LogP contribution < -0.4 is 14.2 Å². The smallest absolute Gasteiger partial charge is 0.123 e. The van der Waals surface area contributed by atoms with Crippen molar-refractivity contribution in [1.82, 2.24) is 0 Å². The molecule has 27 heavy (non-hydrogen) atoms. The first-order valence-electron chi connectivity index (χ1n) is 9.01. The quantitative estimate of drug-likeness (QED) is 0.541. The predicted molar refractivity (Wildman–Crippen MR) is 109 cm³/mol. The van der Waals surface area contributed by atoms with Gasteiger partial charge in [0.15, 0.2) is 0 Å². The molecule has 0 heterocycles. The summed E-state index contributed by atoms with van der Waals surface area (Å²) in [6.45, 7) is 4.08. The Hall–Kier alpha value is -2.94. The fourth-order valence-electron chi connectivity index (χ4n) is 3.51. The molecule has 0 amide bonds. The molecule has 3 nitrogen and oxygen atoms in total. The summed E-state index contributed by atoms with van der Waals surface area (Å²) >= 11 is 0. The van der Waals surface area contributed by atoms with Crippen LogP contribution >= 0.6 is 0 Å². The van der Waals surface area contributed by atoms with E-state index in [1.807, 2.05) is 19.1 Å². The van der Waals surface area contributed by atoms with Crippen LogP contribution in [0.2, 0.25) is 0 Å². The minimum Gasteiger partial charge on any atom is -0.496 e. The lowest BCUT2D eigenvalue weighted by Crippen LogP contribution is -2.07. The Morgan fingerprint density at radius 1 is 0.593 bits per heavy atom. The molecule has 3 aromatic carbocycles. The van der Waals surface area contributed by atoms with Crippen molar-refractivity contribution in [2.45, 2.75) is 19.8 Å². The summed E-state index contributed by atoms with van der Waals surface area (Å²) in [4.78, 5) is 0. The third-order valence-corrected chi connectivity index (χ3v) is 4.96. The Labute approximate surface area is 161 Å². The monoisotopic (exact) mass is 362 g/mol. The lowest BCUT2D eigenvalue weighted by molar-refractivity contribution is 0.395. The van der Waals surface area contributed by atoms with Crippen molar-refractivity contribution in [2.75, 3.05) is 21.3 Å². The normalized spacial score (nSPS) is 11.7. The van der Waals surface area contributed by atoms with Gasteiger partial charge in [0.05, 0.1) is 21.3 Å². The first kappa shape index (κ1) is 18.8. The molecule has 0 aliphatic carbocycles. The van der Waals surface area contributed by atoms with E-state index in [1.54, 1.807) is 21.3 Å². The molecule has 0 aromatic heterocycles. The largest absolute Gasteiger partial charge is 0.496 e. The molecule has 0 bridgehead atoms. The molecule has 3 heteroatoms. The summed E-state index contributed by atoms with van der Waals surface area (Å²) in [5.74, 6) is 2.59. The summed E-state index contributed by atoms with van der Waals surface area (Å²) in [6.07, 6.45) is 0. The van der Waals surface area contributed by atoms with Crippen LogP contribution in [0.15, 0.2) is 60.7 Å². The first-order valence-corrected chi connectivity index (χ1v) is 9.01. The zero-order valence-electron chi connectivity index (χ0n) is 16.6. The molecule has 1 unspecified atom stereocenters. The molecule has 140 valence electrons. The van der Waals surface area contributed by atoms with Crippen LogP contribution in [0.1, 0.15) is 33.7 Å². The second kappa shape index (κ2) is 8.17. The molecular weight excluding hydrogens is 336 g/mol. The molecule has 0 spiro atoms. The van der Waals surface area contributed by atoms with E-state index in [2.05, 4.69) is 55.5 Å². The van der Waals surface area contributed by atoms with Crippen LogP contribution in [-0.2, 0) is 0 Å². The summed E-state index contributed by atoms with van der Waals surface area (Å²) in [7, 11) is 5.12. The van der Waals surface area contributed by atoms with E-state index in [0.717, 1.165) is 39.5 Å². The van der Waals surface area contributed by atoms with Crippen LogP contribution in [0.3, 0.4) is 0 Å². The van der Waals surface area contributed by atoms with Crippen LogP contribution in [0.25, 0.3) is 0 Å². The number of hydrogen-bond acceptors (Lipinski definition) is 3. The van der Waals surface area contributed by atoms with Gasteiger partial charge >= 0.3 is 0 Å². The molecule has 0 N–H and O–H groups in total. The molecule has 1 atom stereocenters. The predicted octanol–water partition coefficient (Wildman–Crippen LogP) is 5.51. The number of benzene rings is 3. The number of ether oxygens (including phenoxy) is 3. The maximum Gasteiger partial charge on any atom is 0.123 e. The lowest BCUT2D eigenvalue weighted by atomic mass is 9.83. The van der Waals surface area contributed by atoms with Crippen molar-refractivity contribution in [3.8, 4) is 17.2 Å². The molecule has 0 saturated carbocycles. The van der Waals surface area contributed by atoms with Gasteiger partial charge in [0.1, 0.15) is 17.2 Å². The standard InChI is InChI=1S/C24H26O3/c1-16-11-12-19(14-21(16)25-3)24(18-9-7-6-8-10-18)20-15-22(26-4)17(2)13-23(20)27-5/h6-15,24H,1-5H3. The lowest BCUT2D eigenvalue weighted by Gasteiger charge is -2.23. The van der Waals surface area contributed by atoms with E-state index in [-0.39, 0.29) is 5.92 Å². The van der Waals surface area contributed by atoms with Gasteiger partial charge in [-0.1, -0.05) is 42.5 Å². The average Bonchev–Trinajstić information content (AvgIpc) is 2.70. The SMILES string of the molecule is COc1cc(C(c2ccccc2)c2cc(OC)c(C)cc2OC)ccc1C. The van der Waals surface area contributed by atoms with Crippen molar-refractivity contribution in [2.24, 2.45) is 0 Å². The zero-order valence-corrected chi connectivity index (χ0v) is 16.6. The second-order valence-electron chi connectivity index (χ2n) is 6.64. The third-order valence-electron chi connectivity index (χ3n) is 4.96. The van der Waals surface area contributed by atoms with Crippen molar-refractivity contribution in [3.05, 3.63) is 88.5 Å². The highest BCUT2D eigenvalue weighted by molar-refractivity contribution is 5.55. The van der Waals surface area contributed by atoms with E-state index < -0.39 is 0 Å². The van der Waals surface area contributed by atoms with Gasteiger partial charge in [0, 0.05) is 11.5 Å². The fourth-order valence-corrected chi connectivity index (χ4v) is 3.51. The molecule has 0 aliphatic heterocycles. The van der Waals surface area contributed by atoms with Gasteiger partial charge in [-0.15, -0.1) is 0 Å². The maximum absolute atomic E-state index is 5.74. The summed E-state index contributed by atoms with van der Waals surface area (Å²) in [5.41, 5.74) is 5.56. The van der Waals surface area contributed by atoms with Gasteiger partial charge < -0.3 is 14.2 Å². The van der Waals surface area contributed by atoms with Gasteiger partial charge in [-0.05, 0) is 54.3 Å². The van der Waals surface area contributed by atoms with Crippen molar-refractivity contribution in [3.63, 3.8) is 0 Å². The Bertz CT molecular complexity index is 916. The molecule has 3 rings (SSSR count). The topological polar surface area (TPSA) is 27.7 Å². The van der Waals surface area contributed by atoms with Crippen molar-refractivity contribution < 1.29 is 14.2 Å². The van der Waals surface area contributed by atoms with Gasteiger partial charge in [0.25, 0.3) is 0 Å². The number of rotatable bonds is 6. The Morgan fingerprint density at radius 3 is 1.85 bits per heavy atom. The zero-order chi connectivity index (χ0) is 19.4. The minimum atomic E-state index is 0.00477. The molecule has 0 aliphatic rings. The highest BCUT2D eigenvalue weighted by Gasteiger charge is 2.23. The summed E-state index contributed by atoms with van der Waals surface area (Å²) < 4.78 is 16.9. The highest BCUT2D eigenvalue weighted by Crippen LogP contribution is 2.41. The highest BCUT2D eigenvalue weighted by atomic mass is 16.5. The fraction of sp³-hybridized carbons (Fsp3) is 0.250. The third kappa shape index (κ3) is 3.77. The van der Waals surface area contributed by atoms with Gasteiger partial charge in [-0.25, -0.2) is 0 Å². The Kier molecular flexibility index (Phi) is 5.70. The summed E-state index contributed by atoms with van der Waals surface area (Å²) in [6, 6.07) is 20.9. The van der Waals surface area contributed by atoms with Crippen LogP contribution in [0.4, 0.5) is 0 Å². The van der Waals surface area contributed by atoms with E-state index in [0.29, 0.717) is 0 Å². The van der Waals surface area contributed by atoms with E-state index in [4.69, 9.17) is 14.2 Å². The minimum absolute atomic E-state index is 0.00477. The van der Waals surface area contributed by atoms with Crippen LogP contribution in [0, 0.1) is 13.8 Å². The van der Waals surface area contributed by atoms with E-state index in [9.17, 15) is 0 Å². The number of hydrogen-bond donors (Lipinski definition) is 0. The average molecular weight is 362 g/mol. The number of aryl methyl sites for hydroxylation is 2. The van der Waals surface area contributed by atoms with Gasteiger partial charge in [0.2, 0.25) is 0 Å². The first-order chi connectivity index (χ1) is 13.1. The maximum atomic E-state index is 5.74. The van der Waals surface area contributed by atoms with E-state index >= 15 is 0 Å². The molecular formula is C24H26O3. The van der Waals surface area contributed by atoms with Gasteiger partial charge in [-0.2, -0.15) is 0 Å². The Morgan fingerprint density at radius 2 is 1.22 bits per heavy atom. The van der Waals surface area contributed by atoms with Crippen molar-refractivity contribution >= 4 is 0 Å². The second-order valence-corrected chi connectivity index (χ2v) is 6.64. The summed E-state index contributed by atoms with van der Waals surface area (Å²) in [5, 5.41) is 0. The Balaban J connectivity index is 2.26. The molecule has 0 saturated heterocycles. The number of methoxy groups -OCH3 is 3. The van der Waals surface area contributed by atoms with Crippen LogP contribution in [0.5, 0.6) is 17.2 Å².